The van der Waals surface area contributed by atoms with Gasteiger partial charge in [-0.25, -0.2) is 4.98 Å². The Balaban J connectivity index is 1.40. The smallest absolute Gasteiger partial charge is 0.138 e. The molecule has 0 amide bonds. The molecular formula is C48H43N3S. The van der Waals surface area contributed by atoms with Gasteiger partial charge >= 0.3 is 0 Å². The minimum atomic E-state index is -0.0952. The standard InChI is InChI=1S/C48H43N3S/c1-47(2,3)36-29-39(46(52)40(30-36)48(4,5)6)42-26-35(32-17-11-8-12-18-32)28-45(50-42)51-43-20-14-13-19-37(43)38-22-21-34(27-44(38)51)41-25-33(23-24-49-41)31-15-9-7-10-16-31/h7-30,52H,1-6H3. The lowest BCUT2D eigenvalue weighted by Crippen LogP contribution is -2.17. The van der Waals surface area contributed by atoms with E-state index in [4.69, 9.17) is 22.6 Å². The second-order valence-corrected chi connectivity index (χ2v) is 16.2. The van der Waals surface area contributed by atoms with Gasteiger partial charge in [0.15, 0.2) is 0 Å². The van der Waals surface area contributed by atoms with Crippen LogP contribution in [0.25, 0.3) is 72.4 Å². The lowest BCUT2D eigenvalue weighted by Gasteiger charge is -2.28. The minimum Gasteiger partial charge on any atom is -0.294 e. The number of thiol groups is 1. The Morgan fingerprint density at radius 3 is 1.83 bits per heavy atom. The Kier molecular flexibility index (Phi) is 8.39. The first kappa shape index (κ1) is 33.7. The predicted molar refractivity (Wildman–Crippen MR) is 223 cm³/mol. The SMILES string of the molecule is CC(C)(C)c1cc(-c2cc(-c3ccccc3)cc(-n3c4ccccc4c4ccc(-c5cc(-c6ccccc6)ccn5)cc43)n2)c(S)c(C(C)(C)C)c1. The van der Waals surface area contributed by atoms with Crippen LogP contribution in [0, 0.1) is 0 Å². The Morgan fingerprint density at radius 2 is 1.13 bits per heavy atom. The summed E-state index contributed by atoms with van der Waals surface area (Å²) in [5.74, 6) is 0.858. The van der Waals surface area contributed by atoms with Crippen molar-refractivity contribution in [2.45, 2.75) is 57.3 Å². The number of rotatable bonds is 5. The van der Waals surface area contributed by atoms with Gasteiger partial charge in [0, 0.05) is 33.0 Å². The largest absolute Gasteiger partial charge is 0.294 e. The third-order valence-electron chi connectivity index (χ3n) is 10.0. The van der Waals surface area contributed by atoms with Gasteiger partial charge in [0.2, 0.25) is 0 Å². The van der Waals surface area contributed by atoms with E-state index < -0.39 is 0 Å². The van der Waals surface area contributed by atoms with E-state index >= 15 is 0 Å². The summed E-state index contributed by atoms with van der Waals surface area (Å²) in [4.78, 5) is 11.3. The molecule has 0 saturated carbocycles. The lowest BCUT2D eigenvalue weighted by atomic mass is 9.79. The number of aromatic nitrogens is 3. The summed E-state index contributed by atoms with van der Waals surface area (Å²) < 4.78 is 2.32. The van der Waals surface area contributed by atoms with Gasteiger partial charge in [0.1, 0.15) is 5.82 Å². The molecule has 0 spiro atoms. The van der Waals surface area contributed by atoms with Crippen LogP contribution in [0.2, 0.25) is 0 Å². The maximum Gasteiger partial charge on any atom is 0.138 e. The van der Waals surface area contributed by atoms with E-state index in [1.165, 1.54) is 27.5 Å². The summed E-state index contributed by atoms with van der Waals surface area (Å²) in [5.41, 5.74) is 13.0. The molecule has 0 N–H and O–H groups in total. The fraction of sp³-hybridized carbons (Fsp3) is 0.167. The molecule has 3 heterocycles. The summed E-state index contributed by atoms with van der Waals surface area (Å²) in [5, 5.41) is 2.36. The average molecular weight is 694 g/mol. The molecule has 3 nitrogen and oxygen atoms in total. The molecule has 0 aliphatic carbocycles. The third-order valence-corrected chi connectivity index (χ3v) is 10.5. The van der Waals surface area contributed by atoms with Gasteiger partial charge in [0.05, 0.1) is 22.4 Å². The van der Waals surface area contributed by atoms with E-state index in [0.717, 1.165) is 61.0 Å². The monoisotopic (exact) mass is 693 g/mol. The molecule has 5 aromatic carbocycles. The highest BCUT2D eigenvalue weighted by molar-refractivity contribution is 7.80. The number of hydrogen-bond donors (Lipinski definition) is 1. The molecule has 0 fully saturated rings. The summed E-state index contributed by atoms with van der Waals surface area (Å²) in [6, 6.07) is 49.7. The molecule has 0 aliphatic heterocycles. The highest BCUT2D eigenvalue weighted by Gasteiger charge is 2.26. The van der Waals surface area contributed by atoms with Crippen molar-refractivity contribution in [1.29, 1.82) is 0 Å². The van der Waals surface area contributed by atoms with Crippen LogP contribution in [-0.4, -0.2) is 14.5 Å². The van der Waals surface area contributed by atoms with Crippen molar-refractivity contribution < 1.29 is 0 Å². The van der Waals surface area contributed by atoms with Gasteiger partial charge in [-0.15, -0.1) is 12.6 Å². The van der Waals surface area contributed by atoms with Crippen molar-refractivity contribution in [1.82, 2.24) is 14.5 Å². The van der Waals surface area contributed by atoms with Crippen molar-refractivity contribution in [3.63, 3.8) is 0 Å². The molecule has 3 aromatic heterocycles. The molecule has 0 atom stereocenters. The normalized spacial score (nSPS) is 12.1. The maximum atomic E-state index is 5.53. The van der Waals surface area contributed by atoms with Crippen molar-refractivity contribution in [2.24, 2.45) is 0 Å². The molecule has 4 heteroatoms. The number of fused-ring (bicyclic) bond motifs is 3. The van der Waals surface area contributed by atoms with E-state index in [1.807, 2.05) is 12.3 Å². The van der Waals surface area contributed by atoms with Crippen LogP contribution in [0.4, 0.5) is 0 Å². The first-order valence-corrected chi connectivity index (χ1v) is 18.4. The zero-order valence-corrected chi connectivity index (χ0v) is 31.5. The number of pyridine rings is 2. The Hall–Kier alpha value is -5.45. The van der Waals surface area contributed by atoms with Crippen LogP contribution in [0.3, 0.4) is 0 Å². The Labute approximate surface area is 312 Å². The quantitative estimate of drug-likeness (QED) is 0.182. The van der Waals surface area contributed by atoms with E-state index in [9.17, 15) is 0 Å². The second-order valence-electron chi connectivity index (χ2n) is 15.8. The van der Waals surface area contributed by atoms with Gasteiger partial charge < -0.3 is 0 Å². The third kappa shape index (κ3) is 6.22. The summed E-state index contributed by atoms with van der Waals surface area (Å²) in [7, 11) is 0. The molecule has 0 aliphatic rings. The lowest BCUT2D eigenvalue weighted by molar-refractivity contribution is 0.560. The Morgan fingerprint density at radius 1 is 0.500 bits per heavy atom. The van der Waals surface area contributed by atoms with Crippen molar-refractivity contribution in [2.75, 3.05) is 0 Å². The number of benzene rings is 5. The molecule has 0 unspecified atom stereocenters. The van der Waals surface area contributed by atoms with Crippen LogP contribution in [0.15, 0.2) is 151 Å². The molecule has 8 aromatic rings. The van der Waals surface area contributed by atoms with Gasteiger partial charge in [0.25, 0.3) is 0 Å². The van der Waals surface area contributed by atoms with E-state index in [2.05, 4.69) is 180 Å². The van der Waals surface area contributed by atoms with Gasteiger partial charge in [-0.2, -0.15) is 0 Å². The molecule has 256 valence electrons. The van der Waals surface area contributed by atoms with Crippen LogP contribution >= 0.6 is 12.6 Å². The van der Waals surface area contributed by atoms with Gasteiger partial charge in [-0.1, -0.05) is 139 Å². The number of hydrogen-bond acceptors (Lipinski definition) is 3. The molecule has 0 radical (unpaired) electrons. The maximum absolute atomic E-state index is 5.53. The molecule has 8 rings (SSSR count). The van der Waals surface area contributed by atoms with E-state index in [1.54, 1.807) is 0 Å². The summed E-state index contributed by atoms with van der Waals surface area (Å²) in [6.45, 7) is 13.6. The summed E-state index contributed by atoms with van der Waals surface area (Å²) in [6.07, 6.45) is 1.90. The predicted octanol–water partition coefficient (Wildman–Crippen LogP) is 13.1. The van der Waals surface area contributed by atoms with Crippen LogP contribution in [0.5, 0.6) is 0 Å². The van der Waals surface area contributed by atoms with Gasteiger partial charge in [-0.05, 0) is 86.7 Å². The minimum absolute atomic E-state index is 0.0504. The fourth-order valence-electron chi connectivity index (χ4n) is 7.18. The molecule has 0 saturated heterocycles. The van der Waals surface area contributed by atoms with E-state index in [0.29, 0.717) is 0 Å². The van der Waals surface area contributed by atoms with Crippen molar-refractivity contribution >= 4 is 34.4 Å². The second kappa shape index (κ2) is 13.0. The Bertz CT molecular complexity index is 2590. The number of para-hydroxylation sites is 1. The highest BCUT2D eigenvalue weighted by Crippen LogP contribution is 2.42. The first-order chi connectivity index (χ1) is 25.0. The zero-order chi connectivity index (χ0) is 36.2. The van der Waals surface area contributed by atoms with Gasteiger partial charge in [-0.3, -0.25) is 9.55 Å². The average Bonchev–Trinajstić information content (AvgIpc) is 3.48. The molecular weight excluding hydrogens is 651 g/mol. The van der Waals surface area contributed by atoms with Crippen molar-refractivity contribution in [3.05, 3.63) is 157 Å². The highest BCUT2D eigenvalue weighted by atomic mass is 32.1. The van der Waals surface area contributed by atoms with Crippen molar-refractivity contribution in [3.8, 4) is 50.6 Å². The molecule has 0 bridgehead atoms. The van der Waals surface area contributed by atoms with Crippen LogP contribution in [-0.2, 0) is 10.8 Å². The fourth-order valence-corrected chi connectivity index (χ4v) is 7.75. The topological polar surface area (TPSA) is 30.7 Å². The first-order valence-electron chi connectivity index (χ1n) is 18.0. The van der Waals surface area contributed by atoms with Crippen LogP contribution in [0.1, 0.15) is 52.7 Å². The number of nitrogens with zero attached hydrogens (tertiary/aromatic N) is 3. The molecule has 52 heavy (non-hydrogen) atoms. The zero-order valence-electron chi connectivity index (χ0n) is 30.6. The van der Waals surface area contributed by atoms with E-state index in [-0.39, 0.29) is 10.8 Å². The van der Waals surface area contributed by atoms with Crippen LogP contribution < -0.4 is 0 Å². The summed E-state index contributed by atoms with van der Waals surface area (Å²) >= 11 is 5.24.